The number of halogens is 4. The molecule has 1 unspecified atom stereocenters. The van der Waals surface area contributed by atoms with Crippen molar-refractivity contribution < 1.29 is 32.2 Å². The van der Waals surface area contributed by atoms with Crippen LogP contribution in [0.3, 0.4) is 0 Å². The molecule has 0 aliphatic carbocycles. The fraction of sp³-hybridized carbons (Fsp3) is 0.152. The molecule has 0 saturated carbocycles. The number of carbonyl (C=O) groups excluding carboxylic acids is 2. The van der Waals surface area contributed by atoms with Crippen molar-refractivity contribution in [3.05, 3.63) is 124 Å². The number of hydrogen-bond donors (Lipinski definition) is 1. The van der Waals surface area contributed by atoms with Crippen molar-refractivity contribution in [3.63, 3.8) is 0 Å². The van der Waals surface area contributed by atoms with Crippen LogP contribution in [0.25, 0.3) is 21.2 Å². The van der Waals surface area contributed by atoms with E-state index in [0.717, 1.165) is 38.9 Å². The number of carbonyl (C=O) groups is 2. The summed E-state index contributed by atoms with van der Waals surface area (Å²) in [5.41, 5.74) is 2.62. The molecule has 220 valence electrons. The van der Waals surface area contributed by atoms with Crippen molar-refractivity contribution in [2.24, 2.45) is 0 Å². The van der Waals surface area contributed by atoms with Gasteiger partial charge in [0.25, 0.3) is 5.91 Å². The Hall–Kier alpha value is -4.34. The van der Waals surface area contributed by atoms with Gasteiger partial charge in [-0.3, -0.25) is 4.79 Å². The molecule has 10 heteroatoms. The maximum Gasteiger partial charge on any atom is 0.416 e. The van der Waals surface area contributed by atoms with Crippen molar-refractivity contribution >= 4 is 44.9 Å². The standard InChI is InChI=1S/C33H25ClF3NO4S/c1-41-32(40)28(16-20-4-13-27(14-5-20)42-19-21-2-9-25(10-3-21)33(35,36)37)38-31(39)30-18-24-17-23(8-15-29(24)43-30)22-6-11-26(34)12-7-22/h2-15,17-18,28H,16,19H2,1H3,(H,38,39). The quantitative estimate of drug-likeness (QED) is 0.168. The normalized spacial score (nSPS) is 12.1. The van der Waals surface area contributed by atoms with Gasteiger partial charge in [0.2, 0.25) is 0 Å². The fourth-order valence-electron chi connectivity index (χ4n) is 4.46. The molecule has 4 aromatic carbocycles. The first kappa shape index (κ1) is 30.1. The first-order valence-electron chi connectivity index (χ1n) is 13.1. The first-order valence-corrected chi connectivity index (χ1v) is 14.3. The van der Waals surface area contributed by atoms with Gasteiger partial charge in [-0.05, 0) is 82.2 Å². The molecule has 1 aromatic heterocycles. The van der Waals surface area contributed by atoms with Gasteiger partial charge in [0.05, 0.1) is 17.6 Å². The molecule has 0 fully saturated rings. The average molecular weight is 624 g/mol. The van der Waals surface area contributed by atoms with Gasteiger partial charge in [-0.15, -0.1) is 11.3 Å². The van der Waals surface area contributed by atoms with Crippen molar-refractivity contribution in [2.45, 2.75) is 25.2 Å². The molecule has 1 atom stereocenters. The second kappa shape index (κ2) is 12.9. The first-order chi connectivity index (χ1) is 20.6. The van der Waals surface area contributed by atoms with Crippen molar-refractivity contribution in [1.29, 1.82) is 0 Å². The zero-order valence-corrected chi connectivity index (χ0v) is 24.4. The minimum atomic E-state index is -4.39. The lowest BCUT2D eigenvalue weighted by Crippen LogP contribution is -2.42. The lowest BCUT2D eigenvalue weighted by molar-refractivity contribution is -0.143. The SMILES string of the molecule is COC(=O)C(Cc1ccc(OCc2ccc(C(F)(F)F)cc2)cc1)NC(=O)c1cc2cc(-c3ccc(Cl)cc3)ccc2s1. The van der Waals surface area contributed by atoms with Crippen LogP contribution >= 0.6 is 22.9 Å². The number of nitrogens with one attached hydrogen (secondary N) is 1. The summed E-state index contributed by atoms with van der Waals surface area (Å²) >= 11 is 7.33. The Morgan fingerprint density at radius 2 is 1.51 bits per heavy atom. The minimum Gasteiger partial charge on any atom is -0.489 e. The van der Waals surface area contributed by atoms with E-state index < -0.39 is 23.8 Å². The van der Waals surface area contributed by atoms with Gasteiger partial charge in [-0.25, -0.2) is 4.79 Å². The Balaban J connectivity index is 1.22. The summed E-state index contributed by atoms with van der Waals surface area (Å²) in [6.45, 7) is 0.0920. The van der Waals surface area contributed by atoms with Gasteiger partial charge in [0.1, 0.15) is 18.4 Å². The molecule has 5 nitrogen and oxygen atoms in total. The number of methoxy groups -OCH3 is 1. The summed E-state index contributed by atoms with van der Waals surface area (Å²) in [6.07, 6.45) is -4.21. The van der Waals surface area contributed by atoms with E-state index in [-0.39, 0.29) is 18.9 Å². The van der Waals surface area contributed by atoms with Gasteiger partial charge in [0.15, 0.2) is 0 Å². The van der Waals surface area contributed by atoms with E-state index in [0.29, 0.717) is 21.2 Å². The summed E-state index contributed by atoms with van der Waals surface area (Å²) < 4.78 is 49.9. The Labute approximate surface area is 254 Å². The lowest BCUT2D eigenvalue weighted by atomic mass is 10.0. The van der Waals surface area contributed by atoms with Crippen LogP contribution in [0.5, 0.6) is 5.75 Å². The third kappa shape index (κ3) is 7.55. The average Bonchev–Trinajstić information content (AvgIpc) is 3.44. The van der Waals surface area contributed by atoms with Gasteiger partial charge in [-0.1, -0.05) is 54.1 Å². The van der Waals surface area contributed by atoms with Crippen molar-refractivity contribution in [3.8, 4) is 16.9 Å². The van der Waals surface area contributed by atoms with Crippen LogP contribution in [0.15, 0.2) is 97.1 Å². The molecule has 0 spiro atoms. The van der Waals surface area contributed by atoms with Crippen LogP contribution in [-0.2, 0) is 28.7 Å². The van der Waals surface area contributed by atoms with Crippen LogP contribution in [0.1, 0.15) is 26.4 Å². The van der Waals surface area contributed by atoms with E-state index >= 15 is 0 Å². The Morgan fingerprint density at radius 1 is 0.860 bits per heavy atom. The lowest BCUT2D eigenvalue weighted by Gasteiger charge is -2.16. The largest absolute Gasteiger partial charge is 0.489 e. The minimum absolute atomic E-state index is 0.0920. The van der Waals surface area contributed by atoms with Gasteiger partial charge in [-0.2, -0.15) is 13.2 Å². The number of benzene rings is 4. The monoisotopic (exact) mass is 623 g/mol. The van der Waals surface area contributed by atoms with Crippen LogP contribution < -0.4 is 10.1 Å². The van der Waals surface area contributed by atoms with E-state index in [4.69, 9.17) is 21.1 Å². The highest BCUT2D eigenvalue weighted by atomic mass is 35.5. The summed E-state index contributed by atoms with van der Waals surface area (Å²) in [5, 5.41) is 4.35. The fourth-order valence-corrected chi connectivity index (χ4v) is 5.53. The highest BCUT2D eigenvalue weighted by Gasteiger charge is 2.30. The molecule has 5 aromatic rings. The number of rotatable bonds is 9. The molecule has 0 saturated heterocycles. The molecular formula is C33H25ClF3NO4S. The Morgan fingerprint density at radius 3 is 2.16 bits per heavy atom. The van der Waals surface area contributed by atoms with E-state index in [9.17, 15) is 22.8 Å². The van der Waals surface area contributed by atoms with Crippen LogP contribution in [0, 0.1) is 0 Å². The number of hydrogen-bond acceptors (Lipinski definition) is 5. The van der Waals surface area contributed by atoms with E-state index in [1.165, 1.54) is 30.6 Å². The molecule has 1 N–H and O–H groups in total. The van der Waals surface area contributed by atoms with Crippen molar-refractivity contribution in [1.82, 2.24) is 5.32 Å². The summed E-state index contributed by atoms with van der Waals surface area (Å²) in [4.78, 5) is 26.2. The summed E-state index contributed by atoms with van der Waals surface area (Å²) in [7, 11) is 1.26. The van der Waals surface area contributed by atoms with Crippen LogP contribution in [0.2, 0.25) is 5.02 Å². The third-order valence-corrected chi connectivity index (χ3v) is 8.13. The number of thiophene rings is 1. The number of fused-ring (bicyclic) bond motifs is 1. The number of alkyl halides is 3. The molecule has 43 heavy (non-hydrogen) atoms. The molecule has 0 aliphatic heterocycles. The molecule has 0 aliphatic rings. The molecule has 0 radical (unpaired) electrons. The van der Waals surface area contributed by atoms with Gasteiger partial charge >= 0.3 is 12.1 Å². The van der Waals surface area contributed by atoms with E-state index in [1.54, 1.807) is 30.3 Å². The van der Waals surface area contributed by atoms with Gasteiger partial charge < -0.3 is 14.8 Å². The van der Waals surface area contributed by atoms with Crippen LogP contribution in [-0.4, -0.2) is 25.0 Å². The molecule has 5 rings (SSSR count). The van der Waals surface area contributed by atoms with Gasteiger partial charge in [0, 0.05) is 16.1 Å². The third-order valence-electron chi connectivity index (χ3n) is 6.76. The van der Waals surface area contributed by atoms with Crippen LogP contribution in [0.4, 0.5) is 13.2 Å². The zero-order chi connectivity index (χ0) is 30.6. The van der Waals surface area contributed by atoms with Crippen molar-refractivity contribution in [2.75, 3.05) is 7.11 Å². The smallest absolute Gasteiger partial charge is 0.416 e. The zero-order valence-electron chi connectivity index (χ0n) is 22.8. The molecule has 1 amide bonds. The predicted octanol–water partition coefficient (Wildman–Crippen LogP) is 8.33. The number of amides is 1. The summed E-state index contributed by atoms with van der Waals surface area (Å²) in [6, 6.07) is 26.0. The Kier molecular flexibility index (Phi) is 9.03. The molecule has 1 heterocycles. The highest BCUT2D eigenvalue weighted by molar-refractivity contribution is 7.20. The second-order valence-corrected chi connectivity index (χ2v) is 11.3. The number of ether oxygens (including phenoxy) is 2. The molecular weight excluding hydrogens is 599 g/mol. The maximum atomic E-state index is 13.2. The topological polar surface area (TPSA) is 64.6 Å². The Bertz CT molecular complexity index is 1730. The number of esters is 1. The highest BCUT2D eigenvalue weighted by Crippen LogP contribution is 2.31. The maximum absolute atomic E-state index is 13.2. The summed E-state index contributed by atoms with van der Waals surface area (Å²) in [5.74, 6) is -0.464. The predicted molar refractivity (Wildman–Crippen MR) is 161 cm³/mol. The molecule has 0 bridgehead atoms. The van der Waals surface area contributed by atoms with E-state index in [2.05, 4.69) is 5.32 Å². The second-order valence-electron chi connectivity index (χ2n) is 9.75. The van der Waals surface area contributed by atoms with E-state index in [1.807, 2.05) is 42.5 Å².